The molecule has 1 aromatic rings. The van der Waals surface area contributed by atoms with Gasteiger partial charge in [0, 0.05) is 25.3 Å². The van der Waals surface area contributed by atoms with E-state index in [1.807, 2.05) is 18.7 Å². The molecule has 0 spiro atoms. The number of hydrogen-bond donors (Lipinski definition) is 1. The Bertz CT molecular complexity index is 439. The molecule has 2 N–H and O–H groups in total. The second kappa shape index (κ2) is 6.48. The zero-order valence-corrected chi connectivity index (χ0v) is 12.5. The molecule has 0 fully saturated rings. The number of hydrogen-bond acceptors (Lipinski definition) is 2. The summed E-state index contributed by atoms with van der Waals surface area (Å²) < 4.78 is 39.4. The van der Waals surface area contributed by atoms with E-state index >= 15 is 0 Å². The van der Waals surface area contributed by atoms with Gasteiger partial charge in [-0.1, -0.05) is 19.9 Å². The lowest BCUT2D eigenvalue weighted by molar-refractivity contribution is -0.138. The molecule has 0 aliphatic heterocycles. The van der Waals surface area contributed by atoms with Crippen molar-refractivity contribution in [3.8, 4) is 0 Å². The first kappa shape index (κ1) is 16.8. The van der Waals surface area contributed by atoms with E-state index in [2.05, 4.69) is 0 Å². The summed E-state index contributed by atoms with van der Waals surface area (Å²) in [6, 6.07) is 4.20. The summed E-state index contributed by atoms with van der Waals surface area (Å²) in [5.74, 6) is 0.387. The van der Waals surface area contributed by atoms with Crippen molar-refractivity contribution in [2.24, 2.45) is 11.7 Å². The second-order valence-corrected chi connectivity index (χ2v) is 5.79. The van der Waals surface area contributed by atoms with Gasteiger partial charge in [0.15, 0.2) is 0 Å². The third kappa shape index (κ3) is 4.71. The van der Waals surface area contributed by atoms with Crippen LogP contribution in [0.4, 0.5) is 18.9 Å². The highest BCUT2D eigenvalue weighted by Crippen LogP contribution is 2.35. The van der Waals surface area contributed by atoms with E-state index in [1.165, 1.54) is 6.07 Å². The van der Waals surface area contributed by atoms with E-state index in [0.29, 0.717) is 18.2 Å². The molecule has 1 aromatic carbocycles. The van der Waals surface area contributed by atoms with Crippen LogP contribution >= 0.6 is 0 Å². The molecule has 2 nitrogen and oxygen atoms in total. The monoisotopic (exact) mass is 288 g/mol. The first-order valence-electron chi connectivity index (χ1n) is 6.78. The van der Waals surface area contributed by atoms with Gasteiger partial charge in [0.25, 0.3) is 0 Å². The Balaban J connectivity index is 3.14. The van der Waals surface area contributed by atoms with Crippen LogP contribution in [0, 0.1) is 5.92 Å². The summed E-state index contributed by atoms with van der Waals surface area (Å²) in [6.45, 7) is 6.49. The fourth-order valence-electron chi connectivity index (χ4n) is 2.24. The first-order valence-corrected chi connectivity index (χ1v) is 6.78. The van der Waals surface area contributed by atoms with Crippen molar-refractivity contribution in [2.75, 3.05) is 18.5 Å². The summed E-state index contributed by atoms with van der Waals surface area (Å²) in [7, 11) is 1.81. The van der Waals surface area contributed by atoms with Crippen LogP contribution in [-0.4, -0.2) is 19.6 Å². The van der Waals surface area contributed by atoms with E-state index in [-0.39, 0.29) is 18.0 Å². The average Bonchev–Trinajstić information content (AvgIpc) is 2.26. The van der Waals surface area contributed by atoms with Gasteiger partial charge in [0.1, 0.15) is 0 Å². The van der Waals surface area contributed by atoms with Gasteiger partial charge >= 0.3 is 6.18 Å². The SMILES string of the molecule is CC(C)CN(C)c1ccc(CC(C)N)c(C(F)(F)F)c1. The number of nitrogens with two attached hydrogens (primary N) is 1. The number of benzene rings is 1. The van der Waals surface area contributed by atoms with Crippen LogP contribution in [0.1, 0.15) is 31.9 Å². The first-order chi connectivity index (χ1) is 9.11. The quantitative estimate of drug-likeness (QED) is 0.895. The predicted molar refractivity (Wildman–Crippen MR) is 76.9 cm³/mol. The maximum atomic E-state index is 13.1. The van der Waals surface area contributed by atoms with Crippen molar-refractivity contribution in [2.45, 2.75) is 39.4 Å². The topological polar surface area (TPSA) is 29.3 Å². The molecule has 0 amide bonds. The Labute approximate surface area is 118 Å². The van der Waals surface area contributed by atoms with Crippen LogP contribution in [0.25, 0.3) is 0 Å². The largest absolute Gasteiger partial charge is 0.416 e. The van der Waals surface area contributed by atoms with Crippen molar-refractivity contribution in [1.29, 1.82) is 0 Å². The molecule has 1 atom stereocenters. The molecule has 0 saturated carbocycles. The van der Waals surface area contributed by atoms with Crippen molar-refractivity contribution in [3.05, 3.63) is 29.3 Å². The molecule has 0 saturated heterocycles. The number of rotatable bonds is 5. The Morgan fingerprint density at radius 3 is 2.25 bits per heavy atom. The van der Waals surface area contributed by atoms with E-state index in [1.54, 1.807) is 26.1 Å². The molecule has 0 bridgehead atoms. The third-order valence-corrected chi connectivity index (χ3v) is 3.02. The van der Waals surface area contributed by atoms with E-state index in [9.17, 15) is 13.2 Å². The maximum Gasteiger partial charge on any atom is 0.416 e. The lowest BCUT2D eigenvalue weighted by atomic mass is 9.99. The molecular weight excluding hydrogens is 265 g/mol. The van der Waals surface area contributed by atoms with Crippen molar-refractivity contribution in [1.82, 2.24) is 0 Å². The second-order valence-electron chi connectivity index (χ2n) is 5.79. The standard InChI is InChI=1S/C15H23F3N2/c1-10(2)9-20(4)13-6-5-12(7-11(3)19)14(8-13)15(16,17)18/h5-6,8,10-11H,7,9,19H2,1-4H3. The van der Waals surface area contributed by atoms with Crippen LogP contribution in [0.5, 0.6) is 0 Å². The zero-order valence-electron chi connectivity index (χ0n) is 12.5. The summed E-state index contributed by atoms with van der Waals surface area (Å²) in [5.41, 5.74) is 5.88. The Morgan fingerprint density at radius 2 is 1.80 bits per heavy atom. The average molecular weight is 288 g/mol. The zero-order chi connectivity index (χ0) is 15.5. The minimum atomic E-state index is -4.35. The molecular formula is C15H23F3N2. The van der Waals surface area contributed by atoms with Gasteiger partial charge in [-0.05, 0) is 37.0 Å². The predicted octanol–water partition coefficient (Wildman–Crippen LogP) is 3.69. The fourth-order valence-corrected chi connectivity index (χ4v) is 2.24. The molecule has 5 heteroatoms. The molecule has 1 unspecified atom stereocenters. The van der Waals surface area contributed by atoms with E-state index in [0.717, 1.165) is 0 Å². The lowest BCUT2D eigenvalue weighted by Gasteiger charge is -2.24. The van der Waals surface area contributed by atoms with E-state index < -0.39 is 11.7 Å². The highest BCUT2D eigenvalue weighted by molar-refractivity contribution is 5.51. The van der Waals surface area contributed by atoms with Crippen LogP contribution < -0.4 is 10.6 Å². The third-order valence-electron chi connectivity index (χ3n) is 3.02. The number of alkyl halides is 3. The van der Waals surface area contributed by atoms with Crippen LogP contribution in [-0.2, 0) is 12.6 Å². The summed E-state index contributed by atoms with van der Waals surface area (Å²) in [5, 5.41) is 0. The molecule has 1 rings (SSSR count). The van der Waals surface area contributed by atoms with Gasteiger partial charge in [-0.15, -0.1) is 0 Å². The molecule has 114 valence electrons. The molecule has 0 radical (unpaired) electrons. The van der Waals surface area contributed by atoms with Crippen molar-refractivity contribution >= 4 is 5.69 Å². The Morgan fingerprint density at radius 1 is 1.20 bits per heavy atom. The van der Waals surface area contributed by atoms with Crippen LogP contribution in [0.2, 0.25) is 0 Å². The highest BCUT2D eigenvalue weighted by Gasteiger charge is 2.33. The van der Waals surface area contributed by atoms with Gasteiger partial charge in [0.05, 0.1) is 5.56 Å². The minimum absolute atomic E-state index is 0.225. The molecule has 20 heavy (non-hydrogen) atoms. The minimum Gasteiger partial charge on any atom is -0.374 e. The van der Waals surface area contributed by atoms with Gasteiger partial charge in [-0.3, -0.25) is 0 Å². The van der Waals surface area contributed by atoms with Crippen LogP contribution in [0.3, 0.4) is 0 Å². The van der Waals surface area contributed by atoms with Crippen molar-refractivity contribution in [3.63, 3.8) is 0 Å². The van der Waals surface area contributed by atoms with Gasteiger partial charge < -0.3 is 10.6 Å². The summed E-state index contributed by atoms with van der Waals surface area (Å²) in [4.78, 5) is 1.84. The Kier molecular flexibility index (Phi) is 5.45. The van der Waals surface area contributed by atoms with Gasteiger partial charge in [0.2, 0.25) is 0 Å². The Hall–Kier alpha value is -1.23. The molecule has 0 aliphatic rings. The smallest absolute Gasteiger partial charge is 0.374 e. The van der Waals surface area contributed by atoms with Gasteiger partial charge in [-0.25, -0.2) is 0 Å². The summed E-state index contributed by atoms with van der Waals surface area (Å²) >= 11 is 0. The summed E-state index contributed by atoms with van der Waals surface area (Å²) in [6.07, 6.45) is -4.12. The lowest BCUT2D eigenvalue weighted by Crippen LogP contribution is -2.24. The van der Waals surface area contributed by atoms with Crippen molar-refractivity contribution < 1.29 is 13.2 Å². The van der Waals surface area contributed by atoms with Gasteiger partial charge in [-0.2, -0.15) is 13.2 Å². The number of nitrogens with zero attached hydrogens (tertiary/aromatic N) is 1. The maximum absolute atomic E-state index is 13.1. The normalized spacial score (nSPS) is 13.7. The fraction of sp³-hybridized carbons (Fsp3) is 0.600. The molecule has 0 aromatic heterocycles. The number of anilines is 1. The molecule has 0 aliphatic carbocycles. The van der Waals surface area contributed by atoms with Crippen LogP contribution in [0.15, 0.2) is 18.2 Å². The number of halogens is 3. The van der Waals surface area contributed by atoms with E-state index in [4.69, 9.17) is 5.73 Å². The highest BCUT2D eigenvalue weighted by atomic mass is 19.4. The molecule has 0 heterocycles.